The summed E-state index contributed by atoms with van der Waals surface area (Å²) in [6.45, 7) is 7.22. The molecule has 2 bridgehead atoms. The zero-order valence-corrected chi connectivity index (χ0v) is 11.0. The Morgan fingerprint density at radius 2 is 1.94 bits per heavy atom. The maximum Gasteiger partial charge on any atom is 0.231 e. The number of fused-ring (bicyclic) bond motifs is 2. The lowest BCUT2D eigenvalue weighted by atomic mass is 9.73. The number of carbonyl (C=O) groups is 1. The van der Waals surface area contributed by atoms with Crippen LogP contribution in [0.15, 0.2) is 0 Å². The molecule has 2 fully saturated rings. The lowest BCUT2D eigenvalue weighted by Gasteiger charge is -2.49. The highest BCUT2D eigenvalue weighted by molar-refractivity contribution is 5.75. The van der Waals surface area contributed by atoms with Gasteiger partial charge in [-0.15, -0.1) is 0 Å². The number of hydrogen-bond acceptors (Lipinski definition) is 3. The molecule has 98 valence electrons. The van der Waals surface area contributed by atoms with Gasteiger partial charge in [0, 0.05) is 25.2 Å². The van der Waals surface area contributed by atoms with E-state index in [0.29, 0.717) is 30.5 Å². The molecule has 0 radical (unpaired) electrons. The maximum absolute atomic E-state index is 10.9. The van der Waals surface area contributed by atoms with E-state index in [-0.39, 0.29) is 5.91 Å². The van der Waals surface area contributed by atoms with E-state index in [1.54, 1.807) is 0 Å². The molecule has 1 aliphatic heterocycles. The van der Waals surface area contributed by atoms with Gasteiger partial charge in [0.1, 0.15) is 0 Å². The average Bonchev–Trinajstić information content (AvgIpc) is 2.24. The van der Waals surface area contributed by atoms with Crippen molar-refractivity contribution >= 4 is 5.91 Å². The Balaban J connectivity index is 1.97. The van der Waals surface area contributed by atoms with Crippen molar-refractivity contribution in [1.29, 1.82) is 0 Å². The minimum Gasteiger partial charge on any atom is -0.369 e. The first-order valence-corrected chi connectivity index (χ1v) is 6.83. The summed E-state index contributed by atoms with van der Waals surface area (Å²) in [4.78, 5) is 13.5. The molecule has 1 saturated heterocycles. The summed E-state index contributed by atoms with van der Waals surface area (Å²) in [5, 5.41) is 3.38. The first-order valence-electron chi connectivity index (χ1n) is 6.83. The van der Waals surface area contributed by atoms with Crippen LogP contribution >= 0.6 is 0 Å². The van der Waals surface area contributed by atoms with E-state index in [1.165, 1.54) is 32.4 Å². The van der Waals surface area contributed by atoms with E-state index in [9.17, 15) is 4.79 Å². The van der Waals surface area contributed by atoms with Gasteiger partial charge >= 0.3 is 0 Å². The van der Waals surface area contributed by atoms with Crippen molar-refractivity contribution in [3.8, 4) is 0 Å². The van der Waals surface area contributed by atoms with Gasteiger partial charge in [0.25, 0.3) is 0 Å². The molecular formula is C13H25N3O. The second kappa shape index (κ2) is 5.36. The van der Waals surface area contributed by atoms with Crippen molar-refractivity contribution in [3.05, 3.63) is 0 Å². The smallest absolute Gasteiger partial charge is 0.231 e. The molecule has 0 aromatic carbocycles. The number of nitrogens with one attached hydrogen (secondary N) is 1. The Hall–Kier alpha value is -0.610. The van der Waals surface area contributed by atoms with Crippen molar-refractivity contribution in [1.82, 2.24) is 10.2 Å². The summed E-state index contributed by atoms with van der Waals surface area (Å²) in [5.41, 5.74) is 5.22. The Morgan fingerprint density at radius 3 is 2.41 bits per heavy atom. The third-order valence-corrected chi connectivity index (χ3v) is 4.35. The lowest BCUT2D eigenvalue weighted by molar-refractivity contribution is -0.117. The van der Waals surface area contributed by atoms with Gasteiger partial charge in [0.05, 0.1) is 6.54 Å². The molecule has 1 amide bonds. The van der Waals surface area contributed by atoms with Gasteiger partial charge in [-0.2, -0.15) is 0 Å². The fraction of sp³-hybridized carbons (Fsp3) is 0.923. The Labute approximate surface area is 104 Å². The second-order valence-electron chi connectivity index (χ2n) is 5.87. The standard InChI is InChI=1S/C13H25N3O/c1-9(2)16-7-10-4-3-5-11(8-16)13(10)15-6-12(14)17/h9-11,13,15H,3-8H2,1-2H3,(H2,14,17). The van der Waals surface area contributed by atoms with E-state index in [0.717, 1.165) is 0 Å². The van der Waals surface area contributed by atoms with E-state index in [1.807, 2.05) is 0 Å². The molecule has 2 aliphatic rings. The first-order chi connectivity index (χ1) is 8.08. The predicted molar refractivity (Wildman–Crippen MR) is 68.5 cm³/mol. The van der Waals surface area contributed by atoms with Gasteiger partial charge in [-0.3, -0.25) is 4.79 Å². The van der Waals surface area contributed by atoms with Gasteiger partial charge in [-0.1, -0.05) is 6.42 Å². The van der Waals surface area contributed by atoms with Crippen LogP contribution in [-0.2, 0) is 4.79 Å². The molecule has 4 heteroatoms. The topological polar surface area (TPSA) is 58.4 Å². The number of carbonyl (C=O) groups excluding carboxylic acids is 1. The molecular weight excluding hydrogens is 214 g/mol. The highest BCUT2D eigenvalue weighted by Crippen LogP contribution is 2.35. The molecule has 0 aromatic rings. The van der Waals surface area contributed by atoms with E-state index >= 15 is 0 Å². The van der Waals surface area contributed by atoms with Crippen LogP contribution in [0.5, 0.6) is 0 Å². The monoisotopic (exact) mass is 239 g/mol. The summed E-state index contributed by atoms with van der Waals surface area (Å²) in [6.07, 6.45) is 3.92. The molecule has 2 rings (SSSR count). The minimum atomic E-state index is -0.241. The number of nitrogens with two attached hydrogens (primary N) is 1. The number of rotatable bonds is 4. The molecule has 0 spiro atoms. The number of likely N-dealkylation sites (tertiary alicyclic amines) is 1. The number of nitrogens with zero attached hydrogens (tertiary/aromatic N) is 1. The summed E-state index contributed by atoms with van der Waals surface area (Å²) in [6, 6.07) is 1.14. The number of piperidine rings is 1. The molecule has 17 heavy (non-hydrogen) atoms. The Bertz CT molecular complexity index is 266. The number of amides is 1. The van der Waals surface area contributed by atoms with E-state index in [4.69, 9.17) is 5.73 Å². The van der Waals surface area contributed by atoms with Gasteiger partial charge in [0.2, 0.25) is 5.91 Å². The third-order valence-electron chi connectivity index (χ3n) is 4.35. The van der Waals surface area contributed by atoms with Crippen LogP contribution in [0.3, 0.4) is 0 Å². The fourth-order valence-electron chi connectivity index (χ4n) is 3.45. The molecule has 3 N–H and O–H groups in total. The molecule has 0 aromatic heterocycles. The maximum atomic E-state index is 10.9. The van der Waals surface area contributed by atoms with E-state index in [2.05, 4.69) is 24.1 Å². The average molecular weight is 239 g/mol. The molecule has 2 unspecified atom stereocenters. The minimum absolute atomic E-state index is 0.241. The lowest BCUT2D eigenvalue weighted by Crippen LogP contribution is -2.59. The van der Waals surface area contributed by atoms with Crippen molar-refractivity contribution in [2.24, 2.45) is 17.6 Å². The van der Waals surface area contributed by atoms with Gasteiger partial charge in [-0.05, 0) is 38.5 Å². The molecule has 1 heterocycles. The normalized spacial score (nSPS) is 33.9. The molecule has 1 saturated carbocycles. The van der Waals surface area contributed by atoms with Crippen LogP contribution in [0.1, 0.15) is 33.1 Å². The predicted octanol–water partition coefficient (Wildman–Crippen LogP) is 0.570. The van der Waals surface area contributed by atoms with Crippen molar-refractivity contribution in [2.75, 3.05) is 19.6 Å². The third kappa shape index (κ3) is 2.99. The largest absolute Gasteiger partial charge is 0.369 e. The van der Waals surface area contributed by atoms with Gasteiger partial charge < -0.3 is 16.0 Å². The quantitative estimate of drug-likeness (QED) is 0.754. The number of primary amides is 1. The van der Waals surface area contributed by atoms with E-state index < -0.39 is 0 Å². The van der Waals surface area contributed by atoms with Crippen molar-refractivity contribution in [2.45, 2.75) is 45.2 Å². The van der Waals surface area contributed by atoms with Crippen LogP contribution in [-0.4, -0.2) is 42.5 Å². The molecule has 2 atom stereocenters. The molecule has 1 aliphatic carbocycles. The van der Waals surface area contributed by atoms with Crippen LogP contribution in [0.2, 0.25) is 0 Å². The molecule has 4 nitrogen and oxygen atoms in total. The fourth-order valence-corrected chi connectivity index (χ4v) is 3.45. The van der Waals surface area contributed by atoms with Crippen LogP contribution in [0, 0.1) is 11.8 Å². The zero-order chi connectivity index (χ0) is 12.4. The number of hydrogen-bond donors (Lipinski definition) is 2. The van der Waals surface area contributed by atoms with Crippen LogP contribution in [0.4, 0.5) is 0 Å². The first kappa shape index (κ1) is 12.8. The van der Waals surface area contributed by atoms with Crippen LogP contribution < -0.4 is 11.1 Å². The highest BCUT2D eigenvalue weighted by atomic mass is 16.1. The summed E-state index contributed by atoms with van der Waals surface area (Å²) in [7, 11) is 0. The van der Waals surface area contributed by atoms with Crippen molar-refractivity contribution < 1.29 is 4.79 Å². The zero-order valence-electron chi connectivity index (χ0n) is 11.0. The van der Waals surface area contributed by atoms with Crippen molar-refractivity contribution in [3.63, 3.8) is 0 Å². The van der Waals surface area contributed by atoms with Gasteiger partial charge in [-0.25, -0.2) is 0 Å². The Kier molecular flexibility index (Phi) is 4.05. The SMILES string of the molecule is CC(C)N1CC2CCCC(C1)C2NCC(N)=O. The second-order valence-corrected chi connectivity index (χ2v) is 5.87. The van der Waals surface area contributed by atoms with Crippen LogP contribution in [0.25, 0.3) is 0 Å². The van der Waals surface area contributed by atoms with Gasteiger partial charge in [0.15, 0.2) is 0 Å². The highest BCUT2D eigenvalue weighted by Gasteiger charge is 2.39. The summed E-state index contributed by atoms with van der Waals surface area (Å²) >= 11 is 0. The Morgan fingerprint density at radius 1 is 1.35 bits per heavy atom. The summed E-state index contributed by atoms with van der Waals surface area (Å²) < 4.78 is 0. The summed E-state index contributed by atoms with van der Waals surface area (Å²) in [5.74, 6) is 1.16.